The summed E-state index contributed by atoms with van der Waals surface area (Å²) in [4.78, 5) is -0.528. The van der Waals surface area contributed by atoms with Crippen molar-refractivity contribution in [1.29, 1.82) is 0 Å². The SMILES string of the molecule is COc1ccc(OC)c(S(=O)(=O)F)c1. The summed E-state index contributed by atoms with van der Waals surface area (Å²) < 4.78 is 43.5. The molecule has 0 radical (unpaired) electrons. The van der Waals surface area contributed by atoms with Crippen molar-refractivity contribution in [3.05, 3.63) is 18.2 Å². The summed E-state index contributed by atoms with van der Waals surface area (Å²) in [5, 5.41) is 0. The Morgan fingerprint density at radius 1 is 1.21 bits per heavy atom. The van der Waals surface area contributed by atoms with E-state index in [2.05, 4.69) is 0 Å². The average Bonchev–Trinajstić information content (AvgIpc) is 2.15. The summed E-state index contributed by atoms with van der Waals surface area (Å²) in [5.74, 6) is 0.204. The predicted octanol–water partition coefficient (Wildman–Crippen LogP) is 1.36. The van der Waals surface area contributed by atoms with Gasteiger partial charge in [0.25, 0.3) is 0 Å². The molecule has 0 saturated carbocycles. The van der Waals surface area contributed by atoms with Crippen LogP contribution in [0.3, 0.4) is 0 Å². The lowest BCUT2D eigenvalue weighted by Crippen LogP contribution is -1.97. The van der Waals surface area contributed by atoms with Gasteiger partial charge < -0.3 is 9.47 Å². The number of benzene rings is 1. The van der Waals surface area contributed by atoms with E-state index in [1.54, 1.807) is 0 Å². The quantitative estimate of drug-likeness (QED) is 0.722. The molecule has 0 bridgehead atoms. The molecule has 0 aliphatic rings. The lowest BCUT2D eigenvalue weighted by molar-refractivity contribution is 0.391. The average molecular weight is 220 g/mol. The molecule has 0 saturated heterocycles. The molecule has 0 aromatic heterocycles. The highest BCUT2D eigenvalue weighted by Crippen LogP contribution is 2.29. The molecule has 1 aromatic rings. The van der Waals surface area contributed by atoms with E-state index in [1.165, 1.54) is 26.4 Å². The van der Waals surface area contributed by atoms with E-state index >= 15 is 0 Å². The molecule has 1 aromatic carbocycles. The van der Waals surface area contributed by atoms with Gasteiger partial charge >= 0.3 is 10.2 Å². The molecule has 0 N–H and O–H groups in total. The van der Waals surface area contributed by atoms with Crippen molar-refractivity contribution < 1.29 is 21.8 Å². The summed E-state index contributed by atoms with van der Waals surface area (Å²) in [6.45, 7) is 0. The second-order valence-electron chi connectivity index (χ2n) is 2.45. The van der Waals surface area contributed by atoms with Crippen LogP contribution in [0.2, 0.25) is 0 Å². The van der Waals surface area contributed by atoms with E-state index in [9.17, 15) is 12.3 Å². The van der Waals surface area contributed by atoms with Gasteiger partial charge in [-0.3, -0.25) is 0 Å². The summed E-state index contributed by atoms with van der Waals surface area (Å²) >= 11 is 0. The van der Waals surface area contributed by atoms with Gasteiger partial charge in [0.15, 0.2) is 0 Å². The molecule has 0 atom stereocenters. The fourth-order valence-electron chi connectivity index (χ4n) is 0.975. The van der Waals surface area contributed by atoms with Crippen LogP contribution in [0.1, 0.15) is 0 Å². The summed E-state index contributed by atoms with van der Waals surface area (Å²) in [7, 11) is -2.17. The first-order chi connectivity index (χ1) is 6.49. The Bertz CT molecular complexity index is 427. The Labute approximate surface area is 81.5 Å². The van der Waals surface area contributed by atoms with E-state index in [1.807, 2.05) is 0 Å². The fraction of sp³-hybridized carbons (Fsp3) is 0.250. The van der Waals surface area contributed by atoms with Crippen molar-refractivity contribution in [1.82, 2.24) is 0 Å². The zero-order valence-corrected chi connectivity index (χ0v) is 8.47. The van der Waals surface area contributed by atoms with Crippen molar-refractivity contribution in [3.8, 4) is 11.5 Å². The highest BCUT2D eigenvalue weighted by Gasteiger charge is 2.19. The van der Waals surface area contributed by atoms with E-state index < -0.39 is 15.1 Å². The second-order valence-corrected chi connectivity index (χ2v) is 3.77. The Morgan fingerprint density at radius 3 is 2.29 bits per heavy atom. The molecule has 0 spiro atoms. The Kier molecular flexibility index (Phi) is 2.95. The van der Waals surface area contributed by atoms with Gasteiger partial charge in [0.1, 0.15) is 16.4 Å². The van der Waals surface area contributed by atoms with E-state index in [0.717, 1.165) is 6.07 Å². The number of ether oxygens (including phenoxy) is 2. The largest absolute Gasteiger partial charge is 0.497 e. The standard InChI is InChI=1S/C8H9FO4S/c1-12-6-3-4-7(13-2)8(5-6)14(9,10)11/h3-5H,1-2H3. The predicted molar refractivity (Wildman–Crippen MR) is 47.8 cm³/mol. The zero-order chi connectivity index (χ0) is 10.8. The number of rotatable bonds is 3. The number of hydrogen-bond acceptors (Lipinski definition) is 4. The molecule has 0 aliphatic carbocycles. The van der Waals surface area contributed by atoms with Crippen molar-refractivity contribution in [2.24, 2.45) is 0 Å². The monoisotopic (exact) mass is 220 g/mol. The van der Waals surface area contributed by atoms with Crippen LogP contribution in [0.5, 0.6) is 11.5 Å². The molecule has 1 rings (SSSR count). The van der Waals surface area contributed by atoms with Crippen molar-refractivity contribution in [2.75, 3.05) is 14.2 Å². The van der Waals surface area contributed by atoms with Gasteiger partial charge in [-0.2, -0.15) is 8.42 Å². The van der Waals surface area contributed by atoms with E-state index in [0.29, 0.717) is 0 Å². The minimum Gasteiger partial charge on any atom is -0.497 e. The molecule has 0 heterocycles. The van der Waals surface area contributed by atoms with Gasteiger partial charge in [-0.15, -0.1) is 3.89 Å². The van der Waals surface area contributed by atoms with E-state index in [-0.39, 0.29) is 11.5 Å². The molecule has 6 heteroatoms. The Hall–Kier alpha value is -1.30. The smallest absolute Gasteiger partial charge is 0.335 e. The van der Waals surface area contributed by atoms with Crippen molar-refractivity contribution in [3.63, 3.8) is 0 Å². The minimum atomic E-state index is -4.78. The molecule has 14 heavy (non-hydrogen) atoms. The molecule has 0 fully saturated rings. The van der Waals surface area contributed by atoms with Gasteiger partial charge in [-0.1, -0.05) is 0 Å². The summed E-state index contributed by atoms with van der Waals surface area (Å²) in [5.41, 5.74) is 0. The van der Waals surface area contributed by atoms with Crippen LogP contribution in [0.4, 0.5) is 3.89 Å². The lowest BCUT2D eigenvalue weighted by Gasteiger charge is -2.06. The third kappa shape index (κ3) is 2.14. The van der Waals surface area contributed by atoms with Crippen LogP contribution in [-0.4, -0.2) is 22.6 Å². The van der Waals surface area contributed by atoms with Crippen molar-refractivity contribution in [2.45, 2.75) is 4.90 Å². The maximum absolute atomic E-state index is 12.7. The van der Waals surface area contributed by atoms with Crippen LogP contribution in [-0.2, 0) is 10.2 Å². The van der Waals surface area contributed by atoms with Crippen LogP contribution in [0.25, 0.3) is 0 Å². The zero-order valence-electron chi connectivity index (χ0n) is 7.65. The van der Waals surface area contributed by atoms with E-state index in [4.69, 9.17) is 9.47 Å². The first kappa shape index (κ1) is 10.8. The Balaban J connectivity index is 3.37. The molecule has 0 amide bonds. The second kappa shape index (κ2) is 3.83. The summed E-state index contributed by atoms with van der Waals surface area (Å²) in [6.07, 6.45) is 0. The number of halogens is 1. The van der Waals surface area contributed by atoms with Crippen LogP contribution in [0.15, 0.2) is 23.1 Å². The molecular weight excluding hydrogens is 211 g/mol. The maximum Gasteiger partial charge on any atom is 0.335 e. The topological polar surface area (TPSA) is 52.6 Å². The van der Waals surface area contributed by atoms with Crippen molar-refractivity contribution >= 4 is 10.2 Å². The molecule has 78 valence electrons. The van der Waals surface area contributed by atoms with Crippen LogP contribution < -0.4 is 9.47 Å². The molecule has 0 aliphatic heterocycles. The van der Waals surface area contributed by atoms with Crippen LogP contribution >= 0.6 is 0 Å². The summed E-state index contributed by atoms with van der Waals surface area (Å²) in [6, 6.07) is 3.87. The van der Waals surface area contributed by atoms with Gasteiger partial charge in [-0.05, 0) is 12.1 Å². The molecular formula is C8H9FO4S. The molecule has 4 nitrogen and oxygen atoms in total. The number of methoxy groups -OCH3 is 2. The first-order valence-electron chi connectivity index (χ1n) is 3.65. The lowest BCUT2D eigenvalue weighted by atomic mass is 10.3. The fourth-order valence-corrected chi connectivity index (χ4v) is 1.62. The normalized spacial score (nSPS) is 11.1. The third-order valence-corrected chi connectivity index (χ3v) is 2.48. The third-order valence-electron chi connectivity index (χ3n) is 1.63. The highest BCUT2D eigenvalue weighted by molar-refractivity contribution is 7.86. The maximum atomic E-state index is 12.7. The van der Waals surface area contributed by atoms with Crippen LogP contribution in [0, 0.1) is 0 Å². The minimum absolute atomic E-state index is 0.0479. The Morgan fingerprint density at radius 2 is 1.86 bits per heavy atom. The van der Waals surface area contributed by atoms with Gasteiger partial charge in [-0.25, -0.2) is 0 Å². The first-order valence-corrected chi connectivity index (χ1v) is 5.04. The van der Waals surface area contributed by atoms with Gasteiger partial charge in [0.05, 0.1) is 14.2 Å². The number of hydrogen-bond donors (Lipinski definition) is 0. The van der Waals surface area contributed by atoms with Gasteiger partial charge in [0, 0.05) is 6.07 Å². The highest BCUT2D eigenvalue weighted by atomic mass is 32.3. The molecule has 0 unspecified atom stereocenters. The van der Waals surface area contributed by atoms with Gasteiger partial charge in [0.2, 0.25) is 0 Å².